The number of fused-ring (bicyclic) bond motifs is 1. The fourth-order valence-electron chi connectivity index (χ4n) is 4.01. The lowest BCUT2D eigenvalue weighted by molar-refractivity contribution is 0.0611. The van der Waals surface area contributed by atoms with Crippen molar-refractivity contribution in [3.05, 3.63) is 77.1 Å². The molecule has 1 amide bonds. The summed E-state index contributed by atoms with van der Waals surface area (Å²) >= 11 is 1.71. The predicted molar refractivity (Wildman–Crippen MR) is 116 cm³/mol. The molecule has 2 aromatic carbocycles. The van der Waals surface area contributed by atoms with Crippen LogP contribution in [-0.4, -0.2) is 32.1 Å². The molecule has 1 fully saturated rings. The predicted octanol–water partition coefficient (Wildman–Crippen LogP) is 5.16. The second kappa shape index (κ2) is 7.44. The molecule has 5 nitrogen and oxygen atoms in total. The molecular formula is C23H22N4OS. The number of benzene rings is 2. The third-order valence-corrected chi connectivity index (χ3v) is 6.69. The average molecular weight is 403 g/mol. The van der Waals surface area contributed by atoms with Crippen LogP contribution in [0.2, 0.25) is 0 Å². The van der Waals surface area contributed by atoms with E-state index in [0.29, 0.717) is 5.56 Å². The van der Waals surface area contributed by atoms with Gasteiger partial charge in [0.05, 0.1) is 21.9 Å². The van der Waals surface area contributed by atoms with E-state index in [2.05, 4.69) is 11.2 Å². The van der Waals surface area contributed by atoms with Gasteiger partial charge < -0.3 is 4.90 Å². The summed E-state index contributed by atoms with van der Waals surface area (Å²) in [6, 6.07) is 18.0. The van der Waals surface area contributed by atoms with Crippen LogP contribution in [0.4, 0.5) is 0 Å². The number of likely N-dealkylation sites (tertiary alicyclic amines) is 1. The van der Waals surface area contributed by atoms with E-state index in [1.165, 1.54) is 4.70 Å². The van der Waals surface area contributed by atoms with Gasteiger partial charge in [0.1, 0.15) is 5.01 Å². The van der Waals surface area contributed by atoms with E-state index in [9.17, 15) is 4.79 Å². The quantitative estimate of drug-likeness (QED) is 0.476. The van der Waals surface area contributed by atoms with Crippen LogP contribution >= 0.6 is 11.3 Å². The van der Waals surface area contributed by atoms with Crippen LogP contribution in [0, 0.1) is 6.92 Å². The first kappa shape index (κ1) is 18.1. The van der Waals surface area contributed by atoms with Gasteiger partial charge in [0.25, 0.3) is 5.91 Å². The molecule has 0 radical (unpaired) electrons. The van der Waals surface area contributed by atoms with Crippen molar-refractivity contribution in [2.24, 2.45) is 0 Å². The van der Waals surface area contributed by atoms with Crippen LogP contribution in [-0.2, 0) is 0 Å². The summed E-state index contributed by atoms with van der Waals surface area (Å²) in [4.78, 5) is 20.2. The molecule has 0 bridgehead atoms. The maximum atomic E-state index is 13.3. The molecule has 0 saturated carbocycles. The molecule has 0 N–H and O–H groups in total. The Bertz CT molecular complexity index is 1130. The van der Waals surface area contributed by atoms with E-state index >= 15 is 0 Å². The summed E-state index contributed by atoms with van der Waals surface area (Å²) in [5.41, 5.74) is 3.76. The highest BCUT2D eigenvalue weighted by atomic mass is 32.1. The SMILES string of the molecule is Cc1ccnn1-c1ccc(C(=O)N2CCCC[C@@H]2c2nc3ccccc3s2)cc1. The average Bonchev–Trinajstić information content (AvgIpc) is 3.39. The number of aryl methyl sites for hydroxylation is 1. The van der Waals surface area contributed by atoms with Gasteiger partial charge in [-0.05, 0) is 68.7 Å². The summed E-state index contributed by atoms with van der Waals surface area (Å²) in [6.45, 7) is 2.79. The Morgan fingerprint density at radius 1 is 1.07 bits per heavy atom. The van der Waals surface area contributed by atoms with Crippen molar-refractivity contribution < 1.29 is 4.79 Å². The summed E-state index contributed by atoms with van der Waals surface area (Å²) in [5.74, 6) is 0.0812. The molecule has 146 valence electrons. The number of piperidine rings is 1. The van der Waals surface area contributed by atoms with Gasteiger partial charge in [-0.3, -0.25) is 4.79 Å². The Labute approximate surface area is 173 Å². The standard InChI is InChI=1S/C23H22N4OS/c1-16-13-14-24-27(16)18-11-9-17(10-12-18)23(28)26-15-5-4-7-20(26)22-25-19-6-2-3-8-21(19)29-22/h2-3,6,8-14,20H,4-5,7,15H2,1H3/t20-/m1/s1. The Hall–Kier alpha value is -2.99. The zero-order chi connectivity index (χ0) is 19.8. The second-order valence-corrected chi connectivity index (χ2v) is 8.52. The third kappa shape index (κ3) is 3.34. The van der Waals surface area contributed by atoms with E-state index in [1.54, 1.807) is 17.5 Å². The summed E-state index contributed by atoms with van der Waals surface area (Å²) < 4.78 is 3.05. The number of thiazole rings is 1. The Morgan fingerprint density at radius 3 is 2.66 bits per heavy atom. The molecular weight excluding hydrogens is 380 g/mol. The number of hydrogen-bond acceptors (Lipinski definition) is 4. The minimum atomic E-state index is 0.0571. The van der Waals surface area contributed by atoms with Crippen LogP contribution in [0.15, 0.2) is 60.8 Å². The molecule has 1 saturated heterocycles. The highest BCUT2D eigenvalue weighted by Gasteiger charge is 2.31. The second-order valence-electron chi connectivity index (χ2n) is 7.46. The topological polar surface area (TPSA) is 51.0 Å². The van der Waals surface area contributed by atoms with E-state index in [1.807, 2.05) is 65.0 Å². The molecule has 1 aliphatic heterocycles. The van der Waals surface area contributed by atoms with Crippen molar-refractivity contribution in [3.63, 3.8) is 0 Å². The number of aromatic nitrogens is 3. The van der Waals surface area contributed by atoms with Crippen LogP contribution in [0.3, 0.4) is 0 Å². The summed E-state index contributed by atoms with van der Waals surface area (Å²) in [6.07, 6.45) is 4.92. The van der Waals surface area contributed by atoms with Gasteiger partial charge in [0.15, 0.2) is 0 Å². The molecule has 29 heavy (non-hydrogen) atoms. The maximum Gasteiger partial charge on any atom is 0.254 e. The minimum absolute atomic E-state index is 0.0571. The molecule has 3 heterocycles. The molecule has 6 heteroatoms. The first-order valence-corrected chi connectivity index (χ1v) is 10.8. The lowest BCUT2D eigenvalue weighted by Crippen LogP contribution is -2.38. The van der Waals surface area contributed by atoms with Crippen molar-refractivity contribution in [1.82, 2.24) is 19.7 Å². The molecule has 2 aromatic heterocycles. The van der Waals surface area contributed by atoms with Crippen molar-refractivity contribution in [2.45, 2.75) is 32.2 Å². The largest absolute Gasteiger partial charge is 0.329 e. The van der Waals surface area contributed by atoms with Crippen molar-refractivity contribution in [2.75, 3.05) is 6.54 Å². The van der Waals surface area contributed by atoms with Crippen LogP contribution in [0.25, 0.3) is 15.9 Å². The van der Waals surface area contributed by atoms with Gasteiger partial charge in [-0.15, -0.1) is 11.3 Å². The first-order valence-electron chi connectivity index (χ1n) is 9.98. The molecule has 0 aliphatic carbocycles. The van der Waals surface area contributed by atoms with E-state index in [-0.39, 0.29) is 11.9 Å². The van der Waals surface area contributed by atoms with Crippen LogP contribution < -0.4 is 0 Å². The van der Waals surface area contributed by atoms with Crippen molar-refractivity contribution in [3.8, 4) is 5.69 Å². The first-order chi connectivity index (χ1) is 14.2. The monoisotopic (exact) mass is 402 g/mol. The van der Waals surface area contributed by atoms with E-state index in [4.69, 9.17) is 4.98 Å². The van der Waals surface area contributed by atoms with Crippen LogP contribution in [0.5, 0.6) is 0 Å². The number of amides is 1. The maximum absolute atomic E-state index is 13.3. The zero-order valence-corrected chi connectivity index (χ0v) is 17.1. The smallest absolute Gasteiger partial charge is 0.254 e. The van der Waals surface area contributed by atoms with E-state index in [0.717, 1.165) is 47.7 Å². The highest BCUT2D eigenvalue weighted by Crippen LogP contribution is 2.36. The Morgan fingerprint density at radius 2 is 1.90 bits per heavy atom. The number of para-hydroxylation sites is 1. The molecule has 0 unspecified atom stereocenters. The van der Waals surface area contributed by atoms with Gasteiger partial charge in [-0.25, -0.2) is 9.67 Å². The van der Waals surface area contributed by atoms with Crippen molar-refractivity contribution >= 4 is 27.5 Å². The molecule has 5 rings (SSSR count). The van der Waals surface area contributed by atoms with Crippen molar-refractivity contribution in [1.29, 1.82) is 0 Å². The third-order valence-electron chi connectivity index (χ3n) is 5.55. The lowest BCUT2D eigenvalue weighted by Gasteiger charge is -2.34. The minimum Gasteiger partial charge on any atom is -0.329 e. The number of nitrogens with zero attached hydrogens (tertiary/aromatic N) is 4. The number of carbonyl (C=O) groups excluding carboxylic acids is 1. The van der Waals surface area contributed by atoms with Gasteiger partial charge in [-0.2, -0.15) is 5.10 Å². The number of hydrogen-bond donors (Lipinski definition) is 0. The molecule has 1 aliphatic rings. The van der Waals surface area contributed by atoms with E-state index < -0.39 is 0 Å². The van der Waals surface area contributed by atoms with Gasteiger partial charge in [-0.1, -0.05) is 12.1 Å². The number of carbonyl (C=O) groups is 1. The van der Waals surface area contributed by atoms with Crippen LogP contribution in [0.1, 0.15) is 46.4 Å². The van der Waals surface area contributed by atoms with Gasteiger partial charge in [0, 0.05) is 24.0 Å². The zero-order valence-electron chi connectivity index (χ0n) is 16.3. The fraction of sp³-hybridized carbons (Fsp3) is 0.261. The Kier molecular flexibility index (Phi) is 4.64. The fourth-order valence-corrected chi connectivity index (χ4v) is 5.13. The highest BCUT2D eigenvalue weighted by molar-refractivity contribution is 7.18. The Balaban J connectivity index is 1.43. The van der Waals surface area contributed by atoms with Gasteiger partial charge >= 0.3 is 0 Å². The molecule has 4 aromatic rings. The van der Waals surface area contributed by atoms with Gasteiger partial charge in [0.2, 0.25) is 0 Å². The molecule has 1 atom stereocenters. The molecule has 0 spiro atoms. The normalized spacial score (nSPS) is 17.0. The lowest BCUT2D eigenvalue weighted by atomic mass is 10.0. The number of rotatable bonds is 3. The summed E-state index contributed by atoms with van der Waals surface area (Å²) in [5, 5.41) is 5.38. The summed E-state index contributed by atoms with van der Waals surface area (Å²) in [7, 11) is 0.